The number of para-hydroxylation sites is 1. The highest BCUT2D eigenvalue weighted by Gasteiger charge is 2.06. The number of hydrogen-bond acceptors (Lipinski definition) is 4. The fourth-order valence-corrected chi connectivity index (χ4v) is 1.33. The molecule has 0 aliphatic carbocycles. The maximum Gasteiger partial charge on any atom is 0.418 e. The first-order chi connectivity index (χ1) is 8.78. The Morgan fingerprint density at radius 3 is 2.67 bits per heavy atom. The van der Waals surface area contributed by atoms with Crippen LogP contribution >= 0.6 is 0 Å². The number of aromatic nitrogens is 1. The van der Waals surface area contributed by atoms with E-state index in [1.807, 2.05) is 6.07 Å². The zero-order valence-corrected chi connectivity index (χ0v) is 9.79. The normalized spacial score (nSPS) is 9.61. The van der Waals surface area contributed by atoms with Crippen molar-refractivity contribution in [2.75, 3.05) is 12.4 Å². The molecule has 1 amide bonds. The van der Waals surface area contributed by atoms with Crippen molar-refractivity contribution < 1.29 is 14.3 Å². The van der Waals surface area contributed by atoms with Crippen LogP contribution in [-0.4, -0.2) is 18.2 Å². The predicted octanol–water partition coefficient (Wildman–Crippen LogP) is 2.70. The number of amides is 1. The molecule has 0 saturated heterocycles. The summed E-state index contributed by atoms with van der Waals surface area (Å²) in [5, 5.41) is 2.51. The van der Waals surface area contributed by atoms with Crippen molar-refractivity contribution >= 4 is 11.9 Å². The second kappa shape index (κ2) is 5.67. The third kappa shape index (κ3) is 3.21. The Labute approximate surface area is 104 Å². The third-order valence-corrected chi connectivity index (χ3v) is 2.15. The molecule has 1 heterocycles. The van der Waals surface area contributed by atoms with E-state index in [0.29, 0.717) is 17.3 Å². The molecule has 0 bridgehead atoms. The molecule has 0 spiro atoms. The second-order valence-electron chi connectivity index (χ2n) is 3.41. The SMILES string of the molecule is COc1ccnc(NC(=O)Oc2ccccc2)c1. The lowest BCUT2D eigenvalue weighted by atomic mass is 10.3. The summed E-state index contributed by atoms with van der Waals surface area (Å²) in [7, 11) is 1.54. The fraction of sp³-hybridized carbons (Fsp3) is 0.0769. The molecule has 2 aromatic rings. The summed E-state index contributed by atoms with van der Waals surface area (Å²) >= 11 is 0. The highest BCUT2D eigenvalue weighted by Crippen LogP contribution is 2.14. The molecule has 18 heavy (non-hydrogen) atoms. The van der Waals surface area contributed by atoms with Gasteiger partial charge in [-0.15, -0.1) is 0 Å². The topological polar surface area (TPSA) is 60.5 Å². The summed E-state index contributed by atoms with van der Waals surface area (Å²) in [6, 6.07) is 12.1. The lowest BCUT2D eigenvalue weighted by Crippen LogP contribution is -2.17. The van der Waals surface area contributed by atoms with Gasteiger partial charge in [-0.1, -0.05) is 18.2 Å². The first-order valence-electron chi connectivity index (χ1n) is 5.32. The van der Waals surface area contributed by atoms with Crippen LogP contribution in [-0.2, 0) is 0 Å². The van der Waals surface area contributed by atoms with Crippen LogP contribution in [0.5, 0.6) is 11.5 Å². The number of pyridine rings is 1. The van der Waals surface area contributed by atoms with Crippen LogP contribution in [0.25, 0.3) is 0 Å². The average molecular weight is 244 g/mol. The minimum absolute atomic E-state index is 0.371. The summed E-state index contributed by atoms with van der Waals surface area (Å²) in [6.45, 7) is 0. The van der Waals surface area contributed by atoms with Crippen LogP contribution in [0.1, 0.15) is 0 Å². The molecule has 2 rings (SSSR count). The van der Waals surface area contributed by atoms with Crippen molar-refractivity contribution in [2.45, 2.75) is 0 Å². The molecule has 1 aromatic heterocycles. The number of methoxy groups -OCH3 is 1. The Morgan fingerprint density at radius 1 is 1.17 bits per heavy atom. The number of nitrogens with one attached hydrogen (secondary N) is 1. The van der Waals surface area contributed by atoms with Gasteiger partial charge in [0.25, 0.3) is 0 Å². The summed E-state index contributed by atoms with van der Waals surface area (Å²) in [6.07, 6.45) is 0.943. The summed E-state index contributed by atoms with van der Waals surface area (Å²) in [5.74, 6) is 1.45. The van der Waals surface area contributed by atoms with E-state index in [1.54, 1.807) is 43.5 Å². The van der Waals surface area contributed by atoms with Gasteiger partial charge in [0.15, 0.2) is 0 Å². The van der Waals surface area contributed by atoms with Crippen LogP contribution < -0.4 is 14.8 Å². The number of benzene rings is 1. The maximum absolute atomic E-state index is 11.6. The van der Waals surface area contributed by atoms with E-state index in [0.717, 1.165) is 0 Å². The van der Waals surface area contributed by atoms with Crippen molar-refractivity contribution in [2.24, 2.45) is 0 Å². The van der Waals surface area contributed by atoms with Gasteiger partial charge in [-0.25, -0.2) is 9.78 Å². The quantitative estimate of drug-likeness (QED) is 0.901. The average Bonchev–Trinajstić information content (AvgIpc) is 2.40. The molecule has 0 radical (unpaired) electrons. The molecule has 5 heteroatoms. The summed E-state index contributed by atoms with van der Waals surface area (Å²) in [5.41, 5.74) is 0. The standard InChI is InChI=1S/C13H12N2O3/c1-17-11-7-8-14-12(9-11)15-13(16)18-10-5-3-2-4-6-10/h2-9H,1H3,(H,14,15,16). The van der Waals surface area contributed by atoms with Crippen LogP contribution in [0.15, 0.2) is 48.7 Å². The summed E-state index contributed by atoms with van der Waals surface area (Å²) < 4.78 is 10.1. The van der Waals surface area contributed by atoms with E-state index in [1.165, 1.54) is 6.20 Å². The van der Waals surface area contributed by atoms with Crippen LogP contribution in [0.4, 0.5) is 10.6 Å². The Kier molecular flexibility index (Phi) is 3.76. The van der Waals surface area contributed by atoms with Crippen molar-refractivity contribution in [3.63, 3.8) is 0 Å². The first-order valence-corrected chi connectivity index (χ1v) is 5.32. The van der Waals surface area contributed by atoms with Gasteiger partial charge in [0.2, 0.25) is 0 Å². The molecule has 0 aliphatic heterocycles. The third-order valence-electron chi connectivity index (χ3n) is 2.15. The summed E-state index contributed by atoms with van der Waals surface area (Å²) in [4.78, 5) is 15.5. The lowest BCUT2D eigenvalue weighted by Gasteiger charge is -2.06. The molecule has 0 fully saturated rings. The van der Waals surface area contributed by atoms with Gasteiger partial charge >= 0.3 is 6.09 Å². The Bertz CT molecular complexity index is 529. The second-order valence-corrected chi connectivity index (χ2v) is 3.41. The van der Waals surface area contributed by atoms with E-state index < -0.39 is 6.09 Å². The molecule has 0 unspecified atom stereocenters. The fourth-order valence-electron chi connectivity index (χ4n) is 1.33. The molecule has 92 valence electrons. The molecular formula is C13H12N2O3. The minimum atomic E-state index is -0.595. The molecular weight excluding hydrogens is 232 g/mol. The van der Waals surface area contributed by atoms with Gasteiger partial charge in [0, 0.05) is 12.3 Å². The number of hydrogen-bond donors (Lipinski definition) is 1. The van der Waals surface area contributed by atoms with Crippen molar-refractivity contribution in [3.05, 3.63) is 48.7 Å². The van der Waals surface area contributed by atoms with Crippen molar-refractivity contribution in [1.82, 2.24) is 4.98 Å². The molecule has 0 aliphatic rings. The Balaban J connectivity index is 1.99. The Hall–Kier alpha value is -2.56. The van der Waals surface area contributed by atoms with Crippen LogP contribution in [0.2, 0.25) is 0 Å². The van der Waals surface area contributed by atoms with Gasteiger partial charge < -0.3 is 9.47 Å². The van der Waals surface area contributed by atoms with Gasteiger partial charge in [0.05, 0.1) is 7.11 Å². The highest BCUT2D eigenvalue weighted by molar-refractivity contribution is 5.85. The van der Waals surface area contributed by atoms with Crippen molar-refractivity contribution in [3.8, 4) is 11.5 Å². The first kappa shape index (κ1) is 11.9. The zero-order valence-electron chi connectivity index (χ0n) is 9.79. The Morgan fingerprint density at radius 2 is 1.94 bits per heavy atom. The van der Waals surface area contributed by atoms with Gasteiger partial charge in [0.1, 0.15) is 17.3 Å². The largest absolute Gasteiger partial charge is 0.497 e. The highest BCUT2D eigenvalue weighted by atomic mass is 16.6. The zero-order chi connectivity index (χ0) is 12.8. The van der Waals surface area contributed by atoms with Crippen LogP contribution in [0.3, 0.4) is 0 Å². The van der Waals surface area contributed by atoms with E-state index in [9.17, 15) is 4.79 Å². The van der Waals surface area contributed by atoms with E-state index in [4.69, 9.17) is 9.47 Å². The number of nitrogens with zero attached hydrogens (tertiary/aromatic N) is 1. The smallest absolute Gasteiger partial charge is 0.418 e. The van der Waals surface area contributed by atoms with Crippen molar-refractivity contribution in [1.29, 1.82) is 0 Å². The number of carbonyl (C=O) groups is 1. The lowest BCUT2D eigenvalue weighted by molar-refractivity contribution is 0.215. The van der Waals surface area contributed by atoms with E-state index >= 15 is 0 Å². The number of ether oxygens (including phenoxy) is 2. The van der Waals surface area contributed by atoms with Gasteiger partial charge in [-0.05, 0) is 18.2 Å². The molecule has 1 aromatic carbocycles. The van der Waals surface area contributed by atoms with Gasteiger partial charge in [-0.3, -0.25) is 5.32 Å². The number of carbonyl (C=O) groups excluding carboxylic acids is 1. The van der Waals surface area contributed by atoms with Gasteiger partial charge in [-0.2, -0.15) is 0 Å². The minimum Gasteiger partial charge on any atom is -0.497 e. The number of anilines is 1. The van der Waals surface area contributed by atoms with E-state index in [2.05, 4.69) is 10.3 Å². The van der Waals surface area contributed by atoms with E-state index in [-0.39, 0.29) is 0 Å². The maximum atomic E-state index is 11.6. The molecule has 1 N–H and O–H groups in total. The molecule has 5 nitrogen and oxygen atoms in total. The monoisotopic (exact) mass is 244 g/mol. The molecule has 0 atom stereocenters. The number of rotatable bonds is 3. The predicted molar refractivity (Wildman–Crippen MR) is 66.9 cm³/mol. The molecule has 0 saturated carbocycles. The van der Waals surface area contributed by atoms with Crippen LogP contribution in [0, 0.1) is 0 Å².